The van der Waals surface area contributed by atoms with E-state index in [-0.39, 0.29) is 12.3 Å². The van der Waals surface area contributed by atoms with E-state index in [0.29, 0.717) is 0 Å². The van der Waals surface area contributed by atoms with Gasteiger partial charge < -0.3 is 20.8 Å². The highest BCUT2D eigenvalue weighted by Gasteiger charge is 2.24. The molecule has 9 nitrogen and oxygen atoms in total. The largest absolute Gasteiger partial charge is 0.480 e. The molecular weight excluding hydrogens is 266 g/mol. The van der Waals surface area contributed by atoms with Crippen LogP contribution in [-0.4, -0.2) is 62.1 Å². The lowest BCUT2D eigenvalue weighted by Gasteiger charge is -2.17. The predicted molar refractivity (Wildman–Crippen MR) is 62.5 cm³/mol. The minimum absolute atomic E-state index is 0.179. The standard InChI is InChI=1S/C8H17N3O6S/c1-5(12)6(7(13)14)11-8(15)10-3-4-18(16,17)9-2/h5-6,9,12H,3-4H2,1-2H3,(H,13,14)(H2,10,11,15)/t5-,6+/m1/s1. The van der Waals surface area contributed by atoms with E-state index in [2.05, 4.69) is 10.0 Å². The first-order valence-corrected chi connectivity index (χ1v) is 6.71. The van der Waals surface area contributed by atoms with Crippen LogP contribution < -0.4 is 15.4 Å². The van der Waals surface area contributed by atoms with Crippen molar-refractivity contribution in [1.82, 2.24) is 15.4 Å². The van der Waals surface area contributed by atoms with Crippen molar-refractivity contribution in [1.29, 1.82) is 0 Å². The third-order valence-electron chi connectivity index (χ3n) is 2.00. The maximum atomic E-state index is 11.2. The van der Waals surface area contributed by atoms with E-state index < -0.39 is 34.2 Å². The number of carboxylic acids is 1. The summed E-state index contributed by atoms with van der Waals surface area (Å²) in [4.78, 5) is 21.9. The summed E-state index contributed by atoms with van der Waals surface area (Å²) in [7, 11) is -2.20. The van der Waals surface area contributed by atoms with Crippen molar-refractivity contribution in [2.75, 3.05) is 19.3 Å². The number of aliphatic hydroxyl groups excluding tert-OH is 1. The monoisotopic (exact) mass is 283 g/mol. The first kappa shape index (κ1) is 16.6. The lowest BCUT2D eigenvalue weighted by atomic mass is 10.2. The summed E-state index contributed by atoms with van der Waals surface area (Å²) in [5.41, 5.74) is 0. The lowest BCUT2D eigenvalue weighted by molar-refractivity contribution is -0.141. The minimum Gasteiger partial charge on any atom is -0.480 e. The van der Waals surface area contributed by atoms with Gasteiger partial charge in [0.15, 0.2) is 6.04 Å². The SMILES string of the molecule is CNS(=O)(=O)CCNC(=O)N[C@H](C(=O)O)[C@@H](C)O. The number of nitrogens with one attached hydrogen (secondary N) is 3. The fourth-order valence-electron chi connectivity index (χ4n) is 0.982. The second-order valence-corrected chi connectivity index (χ2v) is 5.53. The molecule has 18 heavy (non-hydrogen) atoms. The number of amides is 2. The van der Waals surface area contributed by atoms with Crippen molar-refractivity contribution in [3.8, 4) is 0 Å². The fourth-order valence-corrected chi connectivity index (χ4v) is 1.56. The Morgan fingerprint density at radius 3 is 2.28 bits per heavy atom. The fraction of sp³-hybridized carbons (Fsp3) is 0.750. The van der Waals surface area contributed by atoms with Gasteiger partial charge in [0.25, 0.3) is 0 Å². The summed E-state index contributed by atoms with van der Waals surface area (Å²) in [6.45, 7) is 1.03. The summed E-state index contributed by atoms with van der Waals surface area (Å²) >= 11 is 0. The van der Waals surface area contributed by atoms with Crippen LogP contribution >= 0.6 is 0 Å². The zero-order valence-electron chi connectivity index (χ0n) is 10.0. The van der Waals surface area contributed by atoms with Crippen LogP contribution in [0, 0.1) is 0 Å². The molecule has 0 unspecified atom stereocenters. The van der Waals surface area contributed by atoms with E-state index in [1.807, 2.05) is 5.32 Å². The lowest BCUT2D eigenvalue weighted by Crippen LogP contribution is -2.51. The number of sulfonamides is 1. The number of rotatable bonds is 7. The highest BCUT2D eigenvalue weighted by molar-refractivity contribution is 7.89. The molecule has 106 valence electrons. The molecule has 0 saturated heterocycles. The zero-order valence-corrected chi connectivity index (χ0v) is 10.8. The van der Waals surface area contributed by atoms with Gasteiger partial charge in [0, 0.05) is 6.54 Å². The number of urea groups is 1. The number of aliphatic carboxylic acids is 1. The molecule has 0 radical (unpaired) electrons. The number of carbonyl (C=O) groups excluding carboxylic acids is 1. The van der Waals surface area contributed by atoms with Crippen LogP contribution in [0.25, 0.3) is 0 Å². The van der Waals surface area contributed by atoms with Crippen LogP contribution in [-0.2, 0) is 14.8 Å². The van der Waals surface area contributed by atoms with Crippen molar-refractivity contribution in [3.63, 3.8) is 0 Å². The molecule has 0 rings (SSSR count). The van der Waals surface area contributed by atoms with Crippen molar-refractivity contribution >= 4 is 22.0 Å². The molecule has 2 atom stereocenters. The van der Waals surface area contributed by atoms with E-state index in [1.165, 1.54) is 14.0 Å². The summed E-state index contributed by atoms with van der Waals surface area (Å²) in [6.07, 6.45) is -1.27. The molecule has 0 heterocycles. The molecule has 0 aliphatic heterocycles. The normalized spacial score (nSPS) is 14.6. The maximum absolute atomic E-state index is 11.2. The second-order valence-electron chi connectivity index (χ2n) is 3.48. The molecule has 0 aromatic rings. The van der Waals surface area contributed by atoms with Crippen LogP contribution in [0.1, 0.15) is 6.92 Å². The Hall–Kier alpha value is -1.39. The Balaban J connectivity index is 4.16. The van der Waals surface area contributed by atoms with Crippen LogP contribution in [0.5, 0.6) is 0 Å². The predicted octanol–water partition coefficient (Wildman–Crippen LogP) is -2.33. The number of hydrogen-bond acceptors (Lipinski definition) is 5. The van der Waals surface area contributed by atoms with Crippen molar-refractivity contribution < 1.29 is 28.2 Å². The number of aliphatic hydroxyl groups is 1. The molecular formula is C8H17N3O6S. The minimum atomic E-state index is -3.43. The molecule has 0 aromatic heterocycles. The maximum Gasteiger partial charge on any atom is 0.328 e. The molecule has 0 fully saturated rings. The van der Waals surface area contributed by atoms with Crippen molar-refractivity contribution in [2.24, 2.45) is 0 Å². The molecule has 0 saturated carbocycles. The van der Waals surface area contributed by atoms with Crippen LogP contribution in [0.15, 0.2) is 0 Å². The highest BCUT2D eigenvalue weighted by atomic mass is 32.2. The van der Waals surface area contributed by atoms with E-state index in [1.54, 1.807) is 0 Å². The highest BCUT2D eigenvalue weighted by Crippen LogP contribution is 1.92. The average molecular weight is 283 g/mol. The van der Waals surface area contributed by atoms with Gasteiger partial charge >= 0.3 is 12.0 Å². The quantitative estimate of drug-likeness (QED) is 0.354. The summed E-state index contributed by atoms with van der Waals surface area (Å²) in [5, 5.41) is 21.9. The van der Waals surface area contributed by atoms with Gasteiger partial charge in [-0.2, -0.15) is 0 Å². The molecule has 0 bridgehead atoms. The van der Waals surface area contributed by atoms with Crippen LogP contribution in [0.2, 0.25) is 0 Å². The number of hydrogen-bond donors (Lipinski definition) is 5. The summed E-state index contributed by atoms with van der Waals surface area (Å²) in [5.74, 6) is -1.72. The Bertz CT molecular complexity index is 394. The van der Waals surface area contributed by atoms with Gasteiger partial charge in [-0.25, -0.2) is 22.7 Å². The van der Waals surface area contributed by atoms with Gasteiger partial charge in [-0.15, -0.1) is 0 Å². The van der Waals surface area contributed by atoms with Gasteiger partial charge in [-0.05, 0) is 14.0 Å². The molecule has 0 aliphatic rings. The van der Waals surface area contributed by atoms with Crippen LogP contribution in [0.3, 0.4) is 0 Å². The van der Waals surface area contributed by atoms with Crippen molar-refractivity contribution in [2.45, 2.75) is 19.1 Å². The van der Waals surface area contributed by atoms with E-state index in [4.69, 9.17) is 10.2 Å². The molecule has 2 amide bonds. The molecule has 10 heteroatoms. The number of carbonyl (C=O) groups is 2. The van der Waals surface area contributed by atoms with E-state index in [0.717, 1.165) is 0 Å². The number of carboxylic acid groups (broad SMARTS) is 1. The first-order valence-electron chi connectivity index (χ1n) is 5.06. The molecule has 5 N–H and O–H groups in total. The van der Waals surface area contributed by atoms with Gasteiger partial charge in [0.1, 0.15) is 0 Å². The van der Waals surface area contributed by atoms with Gasteiger partial charge in [0.05, 0.1) is 11.9 Å². The summed E-state index contributed by atoms with van der Waals surface area (Å²) < 4.78 is 24.1. The van der Waals surface area contributed by atoms with Gasteiger partial charge in [0.2, 0.25) is 10.0 Å². The molecule has 0 aromatic carbocycles. The smallest absolute Gasteiger partial charge is 0.328 e. The summed E-state index contributed by atoms with van der Waals surface area (Å²) in [6, 6.07) is -2.32. The topological polar surface area (TPSA) is 145 Å². The zero-order chi connectivity index (χ0) is 14.3. The Kier molecular flexibility index (Phi) is 6.58. The third-order valence-corrected chi connectivity index (χ3v) is 3.37. The van der Waals surface area contributed by atoms with E-state index >= 15 is 0 Å². The Labute approximate surface area is 105 Å². The first-order chi connectivity index (χ1) is 8.19. The Morgan fingerprint density at radius 1 is 1.33 bits per heavy atom. The average Bonchev–Trinajstić information content (AvgIpc) is 2.24. The Morgan fingerprint density at radius 2 is 1.89 bits per heavy atom. The van der Waals surface area contributed by atoms with Gasteiger partial charge in [-0.1, -0.05) is 0 Å². The molecule has 0 aliphatic carbocycles. The molecule has 0 spiro atoms. The van der Waals surface area contributed by atoms with Gasteiger partial charge in [-0.3, -0.25) is 0 Å². The second kappa shape index (κ2) is 7.13. The third kappa shape index (κ3) is 6.37. The van der Waals surface area contributed by atoms with Crippen molar-refractivity contribution in [3.05, 3.63) is 0 Å². The van der Waals surface area contributed by atoms with E-state index in [9.17, 15) is 18.0 Å². The van der Waals surface area contributed by atoms with Crippen LogP contribution in [0.4, 0.5) is 4.79 Å².